The molecule has 2 aromatic carbocycles. The molecular formula is C19H15ClFNO2S. The summed E-state index contributed by atoms with van der Waals surface area (Å²) in [5, 5.41) is 4.55. The SMILES string of the molecule is Cc1cccc(OCc2csc(C(=O)Nc3ccc(F)c(Cl)c3)c2)c1. The van der Waals surface area contributed by atoms with Crippen molar-refractivity contribution in [1.29, 1.82) is 0 Å². The Hall–Kier alpha value is -2.37. The van der Waals surface area contributed by atoms with E-state index in [9.17, 15) is 9.18 Å². The molecule has 0 aliphatic carbocycles. The molecule has 3 nitrogen and oxygen atoms in total. The predicted octanol–water partition coefficient (Wildman–Crippen LogP) is 5.68. The van der Waals surface area contributed by atoms with Gasteiger partial charge < -0.3 is 10.1 Å². The van der Waals surface area contributed by atoms with Crippen molar-refractivity contribution in [2.75, 3.05) is 5.32 Å². The fourth-order valence-corrected chi connectivity index (χ4v) is 3.18. The van der Waals surface area contributed by atoms with Crippen molar-refractivity contribution < 1.29 is 13.9 Å². The first-order valence-corrected chi connectivity index (χ1v) is 8.80. The Morgan fingerprint density at radius 1 is 1.24 bits per heavy atom. The van der Waals surface area contributed by atoms with Gasteiger partial charge in [0.2, 0.25) is 0 Å². The molecule has 0 aliphatic rings. The number of benzene rings is 2. The van der Waals surface area contributed by atoms with Gasteiger partial charge in [0.25, 0.3) is 5.91 Å². The summed E-state index contributed by atoms with van der Waals surface area (Å²) < 4.78 is 18.9. The van der Waals surface area contributed by atoms with Gasteiger partial charge in [0.05, 0.1) is 9.90 Å². The van der Waals surface area contributed by atoms with Crippen LogP contribution < -0.4 is 10.1 Å². The maximum absolute atomic E-state index is 13.2. The molecule has 1 aromatic heterocycles. The summed E-state index contributed by atoms with van der Waals surface area (Å²) in [4.78, 5) is 12.8. The van der Waals surface area contributed by atoms with E-state index in [2.05, 4.69) is 5.32 Å². The van der Waals surface area contributed by atoms with Crippen LogP contribution in [0.2, 0.25) is 5.02 Å². The Bertz CT molecular complexity index is 910. The molecular weight excluding hydrogens is 361 g/mol. The lowest BCUT2D eigenvalue weighted by atomic mass is 10.2. The van der Waals surface area contributed by atoms with E-state index in [1.165, 1.54) is 29.5 Å². The Labute approximate surface area is 154 Å². The van der Waals surface area contributed by atoms with Crippen molar-refractivity contribution in [2.45, 2.75) is 13.5 Å². The second kappa shape index (κ2) is 7.68. The van der Waals surface area contributed by atoms with Crippen LogP contribution in [0, 0.1) is 12.7 Å². The van der Waals surface area contributed by atoms with Gasteiger partial charge in [0.1, 0.15) is 18.2 Å². The summed E-state index contributed by atoms with van der Waals surface area (Å²) in [6, 6.07) is 13.6. The van der Waals surface area contributed by atoms with Crippen LogP contribution in [0.5, 0.6) is 5.75 Å². The van der Waals surface area contributed by atoms with Crippen LogP contribution in [0.1, 0.15) is 20.8 Å². The zero-order valence-electron chi connectivity index (χ0n) is 13.4. The van der Waals surface area contributed by atoms with E-state index in [1.54, 1.807) is 6.07 Å². The zero-order valence-corrected chi connectivity index (χ0v) is 15.0. The number of ether oxygens (including phenoxy) is 1. The van der Waals surface area contributed by atoms with Crippen LogP contribution in [0.25, 0.3) is 0 Å². The number of halogens is 2. The molecule has 25 heavy (non-hydrogen) atoms. The van der Waals surface area contributed by atoms with E-state index in [-0.39, 0.29) is 10.9 Å². The van der Waals surface area contributed by atoms with Gasteiger partial charge in [0.15, 0.2) is 0 Å². The van der Waals surface area contributed by atoms with E-state index in [4.69, 9.17) is 16.3 Å². The maximum Gasteiger partial charge on any atom is 0.265 e. The highest BCUT2D eigenvalue weighted by atomic mass is 35.5. The number of thiophene rings is 1. The fraction of sp³-hybridized carbons (Fsp3) is 0.105. The molecule has 0 spiro atoms. The quantitative estimate of drug-likeness (QED) is 0.623. The van der Waals surface area contributed by atoms with E-state index in [0.717, 1.165) is 16.9 Å². The molecule has 6 heteroatoms. The Morgan fingerprint density at radius 3 is 2.84 bits per heavy atom. The number of aryl methyl sites for hydroxylation is 1. The molecule has 128 valence electrons. The Kier molecular flexibility index (Phi) is 5.36. The maximum atomic E-state index is 13.2. The zero-order chi connectivity index (χ0) is 17.8. The standard InChI is InChI=1S/C19H15ClFNO2S/c1-12-3-2-4-15(7-12)24-10-13-8-18(25-11-13)19(23)22-14-5-6-17(21)16(20)9-14/h2-9,11H,10H2,1H3,(H,22,23). The lowest BCUT2D eigenvalue weighted by Crippen LogP contribution is -2.10. The van der Waals surface area contributed by atoms with Gasteiger partial charge in [-0.1, -0.05) is 23.7 Å². The third kappa shape index (κ3) is 4.59. The van der Waals surface area contributed by atoms with Crippen LogP contribution in [-0.2, 0) is 6.61 Å². The van der Waals surface area contributed by atoms with Gasteiger partial charge in [-0.25, -0.2) is 4.39 Å². The fourth-order valence-electron chi connectivity index (χ4n) is 2.21. The summed E-state index contributed by atoms with van der Waals surface area (Å²) in [5.41, 5.74) is 2.48. The van der Waals surface area contributed by atoms with Crippen molar-refractivity contribution in [3.8, 4) is 5.75 Å². The molecule has 0 unspecified atom stereocenters. The van der Waals surface area contributed by atoms with Gasteiger partial charge in [-0.15, -0.1) is 11.3 Å². The first-order chi connectivity index (χ1) is 12.0. The number of carbonyl (C=O) groups excluding carboxylic acids is 1. The summed E-state index contributed by atoms with van der Waals surface area (Å²) in [6.07, 6.45) is 0. The number of hydrogen-bond acceptors (Lipinski definition) is 3. The molecule has 0 fully saturated rings. The highest BCUT2D eigenvalue weighted by Crippen LogP contribution is 2.22. The van der Waals surface area contributed by atoms with Gasteiger partial charge in [-0.3, -0.25) is 4.79 Å². The first-order valence-electron chi connectivity index (χ1n) is 7.54. The second-order valence-electron chi connectivity index (χ2n) is 5.51. The minimum atomic E-state index is -0.522. The van der Waals surface area contributed by atoms with Crippen LogP contribution in [0.3, 0.4) is 0 Å². The third-order valence-corrected chi connectivity index (χ3v) is 4.72. The molecule has 1 amide bonds. The molecule has 0 saturated carbocycles. The lowest BCUT2D eigenvalue weighted by Gasteiger charge is -2.05. The third-order valence-electron chi connectivity index (χ3n) is 3.45. The van der Waals surface area contributed by atoms with Gasteiger partial charge >= 0.3 is 0 Å². The monoisotopic (exact) mass is 375 g/mol. The van der Waals surface area contributed by atoms with Crippen LogP contribution >= 0.6 is 22.9 Å². The molecule has 3 rings (SSSR count). The molecule has 1 N–H and O–H groups in total. The van der Waals surface area contributed by atoms with Crippen LogP contribution in [-0.4, -0.2) is 5.91 Å². The number of rotatable bonds is 5. The molecule has 0 bridgehead atoms. The van der Waals surface area contributed by atoms with Crippen molar-refractivity contribution in [1.82, 2.24) is 0 Å². The smallest absolute Gasteiger partial charge is 0.265 e. The van der Waals surface area contributed by atoms with Crippen molar-refractivity contribution in [3.05, 3.63) is 80.8 Å². The second-order valence-corrected chi connectivity index (χ2v) is 6.83. The number of nitrogens with one attached hydrogen (secondary N) is 1. The lowest BCUT2D eigenvalue weighted by molar-refractivity contribution is 0.103. The number of amides is 1. The average molecular weight is 376 g/mol. The Morgan fingerprint density at radius 2 is 2.08 bits per heavy atom. The highest BCUT2D eigenvalue weighted by molar-refractivity contribution is 7.12. The minimum Gasteiger partial charge on any atom is -0.489 e. The minimum absolute atomic E-state index is 0.0313. The molecule has 1 heterocycles. The predicted molar refractivity (Wildman–Crippen MR) is 99.2 cm³/mol. The molecule has 0 radical (unpaired) electrons. The summed E-state index contributed by atoms with van der Waals surface area (Å²) in [6.45, 7) is 2.39. The van der Waals surface area contributed by atoms with Crippen LogP contribution in [0.15, 0.2) is 53.9 Å². The topological polar surface area (TPSA) is 38.3 Å². The van der Waals surface area contributed by atoms with Crippen molar-refractivity contribution in [2.24, 2.45) is 0 Å². The summed E-state index contributed by atoms with van der Waals surface area (Å²) in [7, 11) is 0. The molecule has 0 aliphatic heterocycles. The summed E-state index contributed by atoms with van der Waals surface area (Å²) >= 11 is 7.04. The van der Waals surface area contributed by atoms with E-state index in [0.29, 0.717) is 17.2 Å². The van der Waals surface area contributed by atoms with Gasteiger partial charge in [-0.05, 0) is 54.3 Å². The Balaban J connectivity index is 1.62. The largest absolute Gasteiger partial charge is 0.489 e. The van der Waals surface area contributed by atoms with E-state index < -0.39 is 5.82 Å². The average Bonchev–Trinajstić information content (AvgIpc) is 3.06. The first kappa shape index (κ1) is 17.5. The normalized spacial score (nSPS) is 10.5. The van der Waals surface area contributed by atoms with Gasteiger partial charge in [0, 0.05) is 11.3 Å². The molecule has 3 aromatic rings. The highest BCUT2D eigenvalue weighted by Gasteiger charge is 2.11. The van der Waals surface area contributed by atoms with Crippen molar-refractivity contribution >= 4 is 34.5 Å². The van der Waals surface area contributed by atoms with Crippen molar-refractivity contribution in [3.63, 3.8) is 0 Å². The van der Waals surface area contributed by atoms with E-state index in [1.807, 2.05) is 36.6 Å². The van der Waals surface area contributed by atoms with E-state index >= 15 is 0 Å². The van der Waals surface area contributed by atoms with Gasteiger partial charge in [-0.2, -0.15) is 0 Å². The molecule has 0 atom stereocenters. The number of carbonyl (C=O) groups is 1. The number of hydrogen-bond donors (Lipinski definition) is 1. The number of anilines is 1. The molecule has 0 saturated heterocycles. The van der Waals surface area contributed by atoms with Crippen LogP contribution in [0.4, 0.5) is 10.1 Å². The summed E-state index contributed by atoms with van der Waals surface area (Å²) in [5.74, 6) is -0.000918.